The number of ether oxygens (including phenoxy) is 2. The summed E-state index contributed by atoms with van der Waals surface area (Å²) in [5, 5.41) is 15.8. The van der Waals surface area contributed by atoms with Crippen LogP contribution < -0.4 is 20.1 Å². The van der Waals surface area contributed by atoms with Crippen LogP contribution in [0.2, 0.25) is 0 Å². The second-order valence-electron chi connectivity index (χ2n) is 5.56. The van der Waals surface area contributed by atoms with Crippen LogP contribution in [0.1, 0.15) is 11.1 Å². The first-order valence-corrected chi connectivity index (χ1v) is 7.85. The highest BCUT2D eigenvalue weighted by Gasteiger charge is 2.25. The fourth-order valence-electron chi connectivity index (χ4n) is 2.48. The van der Waals surface area contributed by atoms with Crippen LogP contribution in [-0.4, -0.2) is 24.0 Å². The molecule has 3 amide bonds. The number of nitrogens with zero attached hydrogens (tertiary/aromatic N) is 1. The molecule has 1 aliphatic heterocycles. The van der Waals surface area contributed by atoms with Gasteiger partial charge in [-0.1, -0.05) is 30.3 Å². The van der Waals surface area contributed by atoms with E-state index in [0.29, 0.717) is 0 Å². The zero-order valence-electron chi connectivity index (χ0n) is 14.2. The molecule has 0 radical (unpaired) electrons. The summed E-state index contributed by atoms with van der Waals surface area (Å²) in [6.07, 6.45) is 1.21. The molecule has 9 heteroatoms. The Hall–Kier alpha value is -3.88. The van der Waals surface area contributed by atoms with Gasteiger partial charge in [0.15, 0.2) is 11.5 Å². The predicted molar refractivity (Wildman–Crippen MR) is 95.1 cm³/mol. The highest BCUT2D eigenvalue weighted by atomic mass is 16.6. The number of methoxy groups -OCH3 is 1. The largest absolute Gasteiger partial charge is 0.493 e. The van der Waals surface area contributed by atoms with Crippen molar-refractivity contribution in [2.45, 2.75) is 6.61 Å². The number of amides is 3. The average molecular weight is 369 g/mol. The minimum absolute atomic E-state index is 0.0938. The van der Waals surface area contributed by atoms with E-state index < -0.39 is 16.9 Å². The summed E-state index contributed by atoms with van der Waals surface area (Å²) in [6, 6.07) is 11.2. The van der Waals surface area contributed by atoms with Crippen LogP contribution in [0.15, 0.2) is 48.2 Å². The number of nitro groups is 1. The van der Waals surface area contributed by atoms with Crippen molar-refractivity contribution in [3.05, 3.63) is 69.4 Å². The van der Waals surface area contributed by atoms with E-state index in [1.54, 1.807) is 0 Å². The summed E-state index contributed by atoms with van der Waals surface area (Å²) in [4.78, 5) is 33.7. The SMILES string of the molecule is COc1cc(/C=C2\NC(=O)NC2=O)c([N+](=O)[O-])cc1OCc1ccccc1. The van der Waals surface area contributed by atoms with Crippen molar-refractivity contribution in [2.24, 2.45) is 0 Å². The standard InChI is InChI=1S/C18H15N3O6/c1-26-15-8-12(7-13-17(22)20-18(23)19-13)14(21(24)25)9-16(15)27-10-11-5-3-2-4-6-11/h2-9H,10H2,1H3,(H2,19,20,22,23)/b13-7-. The van der Waals surface area contributed by atoms with E-state index in [2.05, 4.69) is 5.32 Å². The van der Waals surface area contributed by atoms with Gasteiger partial charge in [0.1, 0.15) is 12.3 Å². The van der Waals surface area contributed by atoms with E-state index in [-0.39, 0.29) is 35.1 Å². The second-order valence-corrected chi connectivity index (χ2v) is 5.56. The van der Waals surface area contributed by atoms with Crippen molar-refractivity contribution in [1.82, 2.24) is 10.6 Å². The van der Waals surface area contributed by atoms with Gasteiger partial charge in [0.05, 0.1) is 23.7 Å². The molecule has 0 unspecified atom stereocenters. The van der Waals surface area contributed by atoms with Gasteiger partial charge in [-0.25, -0.2) is 4.79 Å². The van der Waals surface area contributed by atoms with Crippen molar-refractivity contribution >= 4 is 23.7 Å². The van der Waals surface area contributed by atoms with Crippen LogP contribution in [0.25, 0.3) is 6.08 Å². The molecule has 3 rings (SSSR count). The Morgan fingerprint density at radius 1 is 1.11 bits per heavy atom. The predicted octanol–water partition coefficient (Wildman–Crippen LogP) is 2.36. The fraction of sp³-hybridized carbons (Fsp3) is 0.111. The van der Waals surface area contributed by atoms with Crippen LogP contribution in [-0.2, 0) is 11.4 Å². The Kier molecular flexibility index (Phi) is 5.02. The molecule has 0 spiro atoms. The molecule has 27 heavy (non-hydrogen) atoms. The van der Waals surface area contributed by atoms with Gasteiger partial charge in [-0.15, -0.1) is 0 Å². The van der Waals surface area contributed by atoms with E-state index in [4.69, 9.17) is 9.47 Å². The zero-order valence-corrected chi connectivity index (χ0v) is 14.2. The molecule has 1 aliphatic rings. The third-order valence-electron chi connectivity index (χ3n) is 3.77. The molecule has 2 N–H and O–H groups in total. The molecule has 1 fully saturated rings. The van der Waals surface area contributed by atoms with Crippen molar-refractivity contribution in [1.29, 1.82) is 0 Å². The van der Waals surface area contributed by atoms with E-state index in [9.17, 15) is 19.7 Å². The van der Waals surface area contributed by atoms with E-state index in [0.717, 1.165) is 5.56 Å². The minimum atomic E-state index is -0.691. The van der Waals surface area contributed by atoms with Crippen molar-refractivity contribution in [3.63, 3.8) is 0 Å². The Morgan fingerprint density at radius 3 is 2.44 bits per heavy atom. The van der Waals surface area contributed by atoms with Crippen LogP contribution in [0.5, 0.6) is 11.5 Å². The van der Waals surface area contributed by atoms with Gasteiger partial charge >= 0.3 is 6.03 Å². The highest BCUT2D eigenvalue weighted by molar-refractivity contribution is 6.14. The lowest BCUT2D eigenvalue weighted by atomic mass is 10.1. The number of nitrogens with one attached hydrogen (secondary N) is 2. The Labute approximate surface area is 153 Å². The lowest BCUT2D eigenvalue weighted by Crippen LogP contribution is -2.22. The molecule has 138 valence electrons. The maximum atomic E-state index is 11.7. The first kappa shape index (κ1) is 17.9. The van der Waals surface area contributed by atoms with Crippen LogP contribution in [0, 0.1) is 10.1 Å². The monoisotopic (exact) mass is 369 g/mol. The molecule has 1 heterocycles. The van der Waals surface area contributed by atoms with E-state index >= 15 is 0 Å². The van der Waals surface area contributed by atoms with Gasteiger partial charge < -0.3 is 14.8 Å². The summed E-state index contributed by atoms with van der Waals surface area (Å²) in [5.74, 6) is -0.221. The van der Waals surface area contributed by atoms with E-state index in [1.165, 1.54) is 25.3 Å². The van der Waals surface area contributed by atoms with Gasteiger partial charge in [0.2, 0.25) is 0 Å². The lowest BCUT2D eigenvalue weighted by molar-refractivity contribution is -0.385. The molecule has 0 bridgehead atoms. The summed E-state index contributed by atoms with van der Waals surface area (Å²) in [7, 11) is 1.40. The Balaban J connectivity index is 1.95. The first-order chi connectivity index (χ1) is 13.0. The number of hydrogen-bond acceptors (Lipinski definition) is 6. The van der Waals surface area contributed by atoms with Crippen molar-refractivity contribution < 1.29 is 24.0 Å². The zero-order chi connectivity index (χ0) is 19.4. The molecule has 0 saturated carbocycles. The maximum absolute atomic E-state index is 11.7. The average Bonchev–Trinajstić information content (AvgIpc) is 2.97. The molecule has 2 aromatic carbocycles. The highest BCUT2D eigenvalue weighted by Crippen LogP contribution is 2.36. The van der Waals surface area contributed by atoms with Gasteiger partial charge in [0, 0.05) is 0 Å². The molecular formula is C18H15N3O6. The third kappa shape index (κ3) is 4.03. The Bertz CT molecular complexity index is 940. The van der Waals surface area contributed by atoms with Gasteiger partial charge in [-0.05, 0) is 17.7 Å². The first-order valence-electron chi connectivity index (χ1n) is 7.85. The van der Waals surface area contributed by atoms with Gasteiger partial charge in [0.25, 0.3) is 11.6 Å². The molecule has 0 atom stereocenters. The third-order valence-corrected chi connectivity index (χ3v) is 3.77. The summed E-state index contributed by atoms with van der Waals surface area (Å²) in [6.45, 7) is 0.202. The van der Waals surface area contributed by atoms with E-state index in [1.807, 2.05) is 35.6 Å². The minimum Gasteiger partial charge on any atom is -0.493 e. The quantitative estimate of drug-likeness (QED) is 0.349. The number of hydrogen-bond donors (Lipinski definition) is 2. The molecule has 1 saturated heterocycles. The topological polar surface area (TPSA) is 120 Å². The number of urea groups is 1. The molecule has 2 aromatic rings. The van der Waals surface area contributed by atoms with Crippen LogP contribution in [0.3, 0.4) is 0 Å². The summed E-state index contributed by atoms with van der Waals surface area (Å²) in [5.41, 5.74) is 0.596. The maximum Gasteiger partial charge on any atom is 0.326 e. The molecule has 9 nitrogen and oxygen atoms in total. The van der Waals surface area contributed by atoms with Gasteiger partial charge in [-0.2, -0.15) is 0 Å². The second kappa shape index (κ2) is 7.56. The normalized spacial score (nSPS) is 14.6. The van der Waals surface area contributed by atoms with Crippen molar-refractivity contribution in [3.8, 4) is 11.5 Å². The number of carbonyl (C=O) groups excluding carboxylic acids is 2. The molecule has 0 aliphatic carbocycles. The number of carbonyl (C=O) groups is 2. The van der Waals surface area contributed by atoms with Crippen molar-refractivity contribution in [2.75, 3.05) is 7.11 Å². The number of benzene rings is 2. The number of rotatable bonds is 6. The van der Waals surface area contributed by atoms with Crippen LogP contribution in [0.4, 0.5) is 10.5 Å². The summed E-state index contributed by atoms with van der Waals surface area (Å²) < 4.78 is 10.9. The van der Waals surface area contributed by atoms with Crippen LogP contribution >= 0.6 is 0 Å². The Morgan fingerprint density at radius 2 is 1.85 bits per heavy atom. The lowest BCUT2D eigenvalue weighted by Gasteiger charge is -2.12. The molecular weight excluding hydrogens is 354 g/mol. The molecule has 0 aromatic heterocycles. The number of nitro benzene ring substituents is 1. The number of imide groups is 1. The smallest absolute Gasteiger partial charge is 0.326 e. The fourth-order valence-corrected chi connectivity index (χ4v) is 2.48. The van der Waals surface area contributed by atoms with Gasteiger partial charge in [-0.3, -0.25) is 20.2 Å². The summed E-state index contributed by atoms with van der Waals surface area (Å²) >= 11 is 0.